The van der Waals surface area contributed by atoms with E-state index in [4.69, 9.17) is 0 Å². The van der Waals surface area contributed by atoms with Gasteiger partial charge in [-0.15, -0.1) is 23.1 Å². The predicted octanol–water partition coefficient (Wildman–Crippen LogP) is 2.72. The molecule has 1 N–H and O–H groups in total. The van der Waals surface area contributed by atoms with Crippen LogP contribution in [0.25, 0.3) is 0 Å². The van der Waals surface area contributed by atoms with Gasteiger partial charge in [0, 0.05) is 16.8 Å². The molecular formula is C13H14N2OS2. The molecule has 0 saturated heterocycles. The van der Waals surface area contributed by atoms with Gasteiger partial charge in [0.1, 0.15) is 0 Å². The summed E-state index contributed by atoms with van der Waals surface area (Å²) in [4.78, 5) is 17.0. The highest BCUT2D eigenvalue weighted by molar-refractivity contribution is 7.98. The Morgan fingerprint density at radius 2 is 2.28 bits per heavy atom. The first-order chi connectivity index (χ1) is 8.79. The summed E-state index contributed by atoms with van der Waals surface area (Å²) in [6.07, 6.45) is 2.39. The van der Waals surface area contributed by atoms with Gasteiger partial charge in [-0.3, -0.25) is 4.79 Å². The van der Waals surface area contributed by atoms with Gasteiger partial charge < -0.3 is 5.32 Å². The predicted molar refractivity (Wildman–Crippen MR) is 75.9 cm³/mol. The molecule has 2 rings (SSSR count). The summed E-state index contributed by atoms with van der Waals surface area (Å²) in [7, 11) is 0. The SMILES string of the molecule is CSc1ccccc1CNC(=O)Cc1cscn1. The van der Waals surface area contributed by atoms with Crippen LogP contribution in [0.3, 0.4) is 0 Å². The van der Waals surface area contributed by atoms with Crippen molar-refractivity contribution in [3.8, 4) is 0 Å². The number of aromatic nitrogens is 1. The largest absolute Gasteiger partial charge is 0.352 e. The van der Waals surface area contributed by atoms with E-state index in [2.05, 4.69) is 16.4 Å². The van der Waals surface area contributed by atoms with E-state index in [1.807, 2.05) is 29.8 Å². The van der Waals surface area contributed by atoms with Crippen LogP contribution in [0.1, 0.15) is 11.3 Å². The molecule has 0 spiro atoms. The Bertz CT molecular complexity index is 511. The molecule has 0 aliphatic heterocycles. The number of carbonyl (C=O) groups excluding carboxylic acids is 1. The van der Waals surface area contributed by atoms with Crippen LogP contribution in [0.15, 0.2) is 40.1 Å². The first-order valence-corrected chi connectivity index (χ1v) is 7.72. The normalized spacial score (nSPS) is 10.3. The second-order valence-electron chi connectivity index (χ2n) is 3.75. The molecule has 1 aromatic heterocycles. The van der Waals surface area contributed by atoms with E-state index in [1.165, 1.54) is 16.2 Å². The zero-order valence-electron chi connectivity index (χ0n) is 10.1. The van der Waals surface area contributed by atoms with Crippen molar-refractivity contribution >= 4 is 29.0 Å². The summed E-state index contributed by atoms with van der Waals surface area (Å²) >= 11 is 3.20. The maximum absolute atomic E-state index is 11.7. The third-order valence-electron chi connectivity index (χ3n) is 2.49. The fourth-order valence-electron chi connectivity index (χ4n) is 1.59. The van der Waals surface area contributed by atoms with Gasteiger partial charge >= 0.3 is 0 Å². The molecule has 0 aliphatic carbocycles. The Labute approximate surface area is 115 Å². The van der Waals surface area contributed by atoms with Crippen molar-refractivity contribution in [2.75, 3.05) is 6.26 Å². The van der Waals surface area contributed by atoms with Gasteiger partial charge in [-0.2, -0.15) is 0 Å². The quantitative estimate of drug-likeness (QED) is 0.855. The van der Waals surface area contributed by atoms with E-state index in [9.17, 15) is 4.79 Å². The molecule has 3 nitrogen and oxygen atoms in total. The molecule has 5 heteroatoms. The summed E-state index contributed by atoms with van der Waals surface area (Å²) in [5.41, 5.74) is 3.72. The van der Waals surface area contributed by atoms with Crippen LogP contribution < -0.4 is 5.32 Å². The lowest BCUT2D eigenvalue weighted by atomic mass is 10.2. The maximum atomic E-state index is 11.7. The number of nitrogens with zero attached hydrogens (tertiary/aromatic N) is 1. The number of hydrogen-bond acceptors (Lipinski definition) is 4. The Kier molecular flexibility index (Phi) is 4.78. The number of thiazole rings is 1. The number of benzene rings is 1. The van der Waals surface area contributed by atoms with Gasteiger partial charge in [-0.05, 0) is 17.9 Å². The molecule has 18 heavy (non-hydrogen) atoms. The van der Waals surface area contributed by atoms with Gasteiger partial charge in [-0.1, -0.05) is 18.2 Å². The molecule has 94 valence electrons. The number of amides is 1. The number of nitrogens with one attached hydrogen (secondary N) is 1. The van der Waals surface area contributed by atoms with E-state index >= 15 is 0 Å². The van der Waals surface area contributed by atoms with E-state index in [-0.39, 0.29) is 5.91 Å². The third kappa shape index (κ3) is 3.58. The summed E-state index contributed by atoms with van der Waals surface area (Å²) in [5.74, 6) is 0.0109. The summed E-state index contributed by atoms with van der Waals surface area (Å²) in [6, 6.07) is 8.09. The van der Waals surface area contributed by atoms with Gasteiger partial charge in [0.15, 0.2) is 0 Å². The Morgan fingerprint density at radius 1 is 1.44 bits per heavy atom. The van der Waals surface area contributed by atoms with Gasteiger partial charge in [0.2, 0.25) is 5.91 Å². The molecule has 0 atom stereocenters. The van der Waals surface area contributed by atoms with Gasteiger partial charge in [0.05, 0.1) is 17.6 Å². The van der Waals surface area contributed by atoms with Crippen molar-refractivity contribution in [3.63, 3.8) is 0 Å². The zero-order chi connectivity index (χ0) is 12.8. The molecule has 1 aromatic carbocycles. The maximum Gasteiger partial charge on any atom is 0.226 e. The Hall–Kier alpha value is -1.33. The van der Waals surface area contributed by atoms with Gasteiger partial charge in [-0.25, -0.2) is 4.98 Å². The van der Waals surface area contributed by atoms with Crippen molar-refractivity contribution in [1.82, 2.24) is 10.3 Å². The first kappa shape index (κ1) is 13.1. The highest BCUT2D eigenvalue weighted by Crippen LogP contribution is 2.19. The third-order valence-corrected chi connectivity index (χ3v) is 3.97. The lowest BCUT2D eigenvalue weighted by Crippen LogP contribution is -2.24. The molecule has 2 aromatic rings. The lowest BCUT2D eigenvalue weighted by Gasteiger charge is -2.08. The van der Waals surface area contributed by atoms with Crippen molar-refractivity contribution in [2.45, 2.75) is 17.9 Å². The van der Waals surface area contributed by atoms with Crippen molar-refractivity contribution < 1.29 is 4.79 Å². The molecule has 0 aliphatic rings. The standard InChI is InChI=1S/C13H14N2OS2/c1-17-12-5-3-2-4-10(12)7-14-13(16)6-11-8-18-9-15-11/h2-5,8-9H,6-7H2,1H3,(H,14,16). The fraction of sp³-hybridized carbons (Fsp3) is 0.231. The minimum absolute atomic E-state index is 0.0109. The van der Waals surface area contributed by atoms with E-state index in [0.29, 0.717) is 13.0 Å². The lowest BCUT2D eigenvalue weighted by molar-refractivity contribution is -0.120. The molecular weight excluding hydrogens is 264 g/mol. The smallest absolute Gasteiger partial charge is 0.226 e. The molecule has 0 radical (unpaired) electrons. The monoisotopic (exact) mass is 278 g/mol. The summed E-state index contributed by atoms with van der Waals surface area (Å²) in [5, 5.41) is 4.82. The Morgan fingerprint density at radius 3 is 3.00 bits per heavy atom. The topological polar surface area (TPSA) is 42.0 Å². The summed E-state index contributed by atoms with van der Waals surface area (Å²) in [6.45, 7) is 0.569. The molecule has 1 heterocycles. The fourth-order valence-corrected chi connectivity index (χ4v) is 2.77. The van der Waals surface area contributed by atoms with Crippen LogP contribution in [0.5, 0.6) is 0 Å². The minimum Gasteiger partial charge on any atom is -0.352 e. The first-order valence-electron chi connectivity index (χ1n) is 5.55. The van der Waals surface area contributed by atoms with Crippen molar-refractivity contribution in [1.29, 1.82) is 0 Å². The van der Waals surface area contributed by atoms with E-state index in [0.717, 1.165) is 11.3 Å². The van der Waals surface area contributed by atoms with Gasteiger partial charge in [0.25, 0.3) is 0 Å². The number of thioether (sulfide) groups is 1. The number of hydrogen-bond donors (Lipinski definition) is 1. The molecule has 0 saturated carbocycles. The second kappa shape index (κ2) is 6.56. The average Bonchev–Trinajstić information content (AvgIpc) is 2.89. The number of carbonyl (C=O) groups is 1. The molecule has 0 unspecified atom stereocenters. The zero-order valence-corrected chi connectivity index (χ0v) is 11.7. The van der Waals surface area contributed by atoms with E-state index in [1.54, 1.807) is 17.3 Å². The van der Waals surface area contributed by atoms with Crippen LogP contribution >= 0.6 is 23.1 Å². The number of rotatable bonds is 5. The van der Waals surface area contributed by atoms with Crippen molar-refractivity contribution in [2.24, 2.45) is 0 Å². The van der Waals surface area contributed by atoms with Crippen LogP contribution in [0.2, 0.25) is 0 Å². The van der Waals surface area contributed by atoms with Crippen LogP contribution in [-0.4, -0.2) is 17.1 Å². The van der Waals surface area contributed by atoms with Crippen LogP contribution in [-0.2, 0) is 17.8 Å². The summed E-state index contributed by atoms with van der Waals surface area (Å²) < 4.78 is 0. The van der Waals surface area contributed by atoms with Crippen molar-refractivity contribution in [3.05, 3.63) is 46.4 Å². The Balaban J connectivity index is 1.89. The second-order valence-corrected chi connectivity index (χ2v) is 5.31. The highest BCUT2D eigenvalue weighted by atomic mass is 32.2. The highest BCUT2D eigenvalue weighted by Gasteiger charge is 2.06. The molecule has 0 bridgehead atoms. The van der Waals surface area contributed by atoms with E-state index < -0.39 is 0 Å². The average molecular weight is 278 g/mol. The minimum atomic E-state index is 0.0109. The molecule has 0 fully saturated rings. The molecule has 1 amide bonds. The van der Waals surface area contributed by atoms with Crippen LogP contribution in [0, 0.1) is 0 Å². The van der Waals surface area contributed by atoms with Crippen LogP contribution in [0.4, 0.5) is 0 Å².